The van der Waals surface area contributed by atoms with Crippen LogP contribution >= 0.6 is 0 Å². The van der Waals surface area contributed by atoms with Crippen LogP contribution in [0.15, 0.2) is 42.5 Å². The molecule has 0 bridgehead atoms. The largest absolute Gasteiger partial charge is 0.325 e. The summed E-state index contributed by atoms with van der Waals surface area (Å²) in [4.78, 5) is 35.9. The van der Waals surface area contributed by atoms with E-state index in [1.54, 1.807) is 11.9 Å². The minimum atomic E-state index is -0.506. The topological polar surface area (TPSA) is 105 Å². The molecule has 8 heteroatoms. The van der Waals surface area contributed by atoms with Crippen molar-refractivity contribution in [1.29, 1.82) is 0 Å². The van der Waals surface area contributed by atoms with Gasteiger partial charge in [-0.2, -0.15) is 0 Å². The van der Waals surface area contributed by atoms with E-state index in [4.69, 9.17) is 0 Å². The summed E-state index contributed by atoms with van der Waals surface area (Å²) in [6.45, 7) is 3.98. The number of anilines is 2. The van der Waals surface area contributed by atoms with Gasteiger partial charge in [-0.05, 0) is 50.2 Å². The van der Waals surface area contributed by atoms with E-state index in [1.165, 1.54) is 24.3 Å². The smallest absolute Gasteiger partial charge is 0.269 e. The lowest BCUT2D eigenvalue weighted by atomic mass is 10.1. The molecule has 0 spiro atoms. The number of amides is 2. The van der Waals surface area contributed by atoms with Crippen LogP contribution in [0.2, 0.25) is 0 Å². The summed E-state index contributed by atoms with van der Waals surface area (Å²) in [7, 11) is 1.66. The van der Waals surface area contributed by atoms with Gasteiger partial charge in [-0.3, -0.25) is 24.6 Å². The van der Waals surface area contributed by atoms with Crippen molar-refractivity contribution in [2.45, 2.75) is 13.8 Å². The minimum absolute atomic E-state index is 0.0111. The van der Waals surface area contributed by atoms with Crippen molar-refractivity contribution < 1.29 is 14.5 Å². The van der Waals surface area contributed by atoms with Crippen molar-refractivity contribution in [1.82, 2.24) is 4.90 Å². The van der Waals surface area contributed by atoms with Crippen molar-refractivity contribution in [3.8, 4) is 0 Å². The number of benzene rings is 2. The Kier molecular flexibility index (Phi) is 6.62. The lowest BCUT2D eigenvalue weighted by Gasteiger charge is -2.17. The molecule has 0 heterocycles. The molecule has 2 amide bonds. The Morgan fingerprint density at radius 3 is 2.19 bits per heavy atom. The highest BCUT2D eigenvalue weighted by molar-refractivity contribution is 5.95. The third-order valence-corrected chi connectivity index (χ3v) is 4.07. The zero-order valence-electron chi connectivity index (χ0n) is 15.5. The van der Waals surface area contributed by atoms with Gasteiger partial charge in [-0.15, -0.1) is 0 Å². The van der Waals surface area contributed by atoms with Gasteiger partial charge in [0.05, 0.1) is 18.0 Å². The van der Waals surface area contributed by atoms with E-state index in [2.05, 4.69) is 10.6 Å². The van der Waals surface area contributed by atoms with Gasteiger partial charge in [-0.1, -0.05) is 12.1 Å². The van der Waals surface area contributed by atoms with E-state index in [1.807, 2.05) is 32.0 Å². The number of hydrogen-bond acceptors (Lipinski definition) is 5. The molecule has 0 atom stereocenters. The Morgan fingerprint density at radius 2 is 1.59 bits per heavy atom. The summed E-state index contributed by atoms with van der Waals surface area (Å²) in [6, 6.07) is 11.2. The van der Waals surface area contributed by atoms with Crippen LogP contribution < -0.4 is 10.6 Å². The Hall–Kier alpha value is -3.26. The molecule has 0 aromatic heterocycles. The van der Waals surface area contributed by atoms with Crippen molar-refractivity contribution in [2.75, 3.05) is 30.8 Å². The maximum atomic E-state index is 12.2. The van der Waals surface area contributed by atoms with Crippen LogP contribution in [0.5, 0.6) is 0 Å². The van der Waals surface area contributed by atoms with E-state index in [9.17, 15) is 19.7 Å². The Bertz CT molecular complexity index is 849. The highest BCUT2D eigenvalue weighted by atomic mass is 16.6. The van der Waals surface area contributed by atoms with Gasteiger partial charge in [0.2, 0.25) is 11.8 Å². The fourth-order valence-electron chi connectivity index (χ4n) is 2.49. The SMILES string of the molecule is Cc1cccc(NC(=O)CN(C)CC(=O)Nc2ccc([N+](=O)[O-])cc2)c1C. The molecule has 0 aliphatic rings. The molecule has 27 heavy (non-hydrogen) atoms. The predicted octanol–water partition coefficient (Wildman–Crippen LogP) is 2.72. The van der Waals surface area contributed by atoms with Crippen LogP contribution in [0.3, 0.4) is 0 Å². The zero-order chi connectivity index (χ0) is 20.0. The van der Waals surface area contributed by atoms with E-state index in [0.29, 0.717) is 5.69 Å². The highest BCUT2D eigenvalue weighted by Crippen LogP contribution is 2.18. The Balaban J connectivity index is 1.84. The monoisotopic (exact) mass is 370 g/mol. The maximum Gasteiger partial charge on any atom is 0.269 e. The van der Waals surface area contributed by atoms with Crippen LogP contribution in [0, 0.1) is 24.0 Å². The summed E-state index contributed by atoms with van der Waals surface area (Å²) in [5.74, 6) is -0.528. The first kappa shape index (κ1) is 20.1. The van der Waals surface area contributed by atoms with Crippen LogP contribution in [0.1, 0.15) is 11.1 Å². The number of nitrogens with zero attached hydrogens (tertiary/aromatic N) is 2. The molecule has 0 aliphatic carbocycles. The highest BCUT2D eigenvalue weighted by Gasteiger charge is 2.13. The molecule has 0 fully saturated rings. The molecule has 2 aromatic rings. The average molecular weight is 370 g/mol. The van der Waals surface area contributed by atoms with Crippen LogP contribution in [-0.4, -0.2) is 41.8 Å². The number of hydrogen-bond donors (Lipinski definition) is 2. The molecular formula is C19H22N4O4. The van der Waals surface area contributed by atoms with Gasteiger partial charge in [0.15, 0.2) is 0 Å². The summed E-state index contributed by atoms with van der Waals surface area (Å²) in [6.07, 6.45) is 0. The second kappa shape index (κ2) is 8.91. The minimum Gasteiger partial charge on any atom is -0.325 e. The lowest BCUT2D eigenvalue weighted by molar-refractivity contribution is -0.384. The molecule has 8 nitrogen and oxygen atoms in total. The number of non-ortho nitro benzene ring substituents is 1. The second-order valence-corrected chi connectivity index (χ2v) is 6.32. The van der Waals surface area contributed by atoms with Crippen LogP contribution in [0.4, 0.5) is 17.1 Å². The van der Waals surface area contributed by atoms with E-state index < -0.39 is 4.92 Å². The first-order chi connectivity index (χ1) is 12.8. The summed E-state index contributed by atoms with van der Waals surface area (Å²) < 4.78 is 0. The van der Waals surface area contributed by atoms with Crippen molar-refractivity contribution >= 4 is 28.9 Å². The number of carbonyl (C=O) groups is 2. The molecule has 2 N–H and O–H groups in total. The number of carbonyl (C=O) groups excluding carboxylic acids is 2. The van der Waals surface area contributed by atoms with Gasteiger partial charge in [0.25, 0.3) is 5.69 Å². The quantitative estimate of drug-likeness (QED) is 0.576. The third kappa shape index (κ3) is 5.89. The Labute approximate surface area is 157 Å². The fraction of sp³-hybridized carbons (Fsp3) is 0.263. The van der Waals surface area contributed by atoms with E-state index in [-0.39, 0.29) is 30.6 Å². The van der Waals surface area contributed by atoms with Gasteiger partial charge in [-0.25, -0.2) is 0 Å². The van der Waals surface area contributed by atoms with E-state index >= 15 is 0 Å². The molecule has 2 aromatic carbocycles. The normalized spacial score (nSPS) is 10.5. The number of nitro benzene ring substituents is 1. The van der Waals surface area contributed by atoms with Crippen LogP contribution in [-0.2, 0) is 9.59 Å². The van der Waals surface area contributed by atoms with Gasteiger partial charge >= 0.3 is 0 Å². The molecule has 0 radical (unpaired) electrons. The summed E-state index contributed by atoms with van der Waals surface area (Å²) in [5.41, 5.74) is 3.25. The third-order valence-electron chi connectivity index (χ3n) is 4.07. The molecular weight excluding hydrogens is 348 g/mol. The fourth-order valence-corrected chi connectivity index (χ4v) is 2.49. The van der Waals surface area contributed by atoms with E-state index in [0.717, 1.165) is 16.8 Å². The number of nitro groups is 1. The molecule has 0 aliphatic heterocycles. The number of nitrogens with one attached hydrogen (secondary N) is 2. The maximum absolute atomic E-state index is 12.2. The van der Waals surface area contributed by atoms with Crippen molar-refractivity contribution in [2.24, 2.45) is 0 Å². The second-order valence-electron chi connectivity index (χ2n) is 6.32. The van der Waals surface area contributed by atoms with Gasteiger partial charge in [0.1, 0.15) is 0 Å². The van der Waals surface area contributed by atoms with Crippen LogP contribution in [0.25, 0.3) is 0 Å². The predicted molar refractivity (Wildman–Crippen MR) is 104 cm³/mol. The molecule has 0 unspecified atom stereocenters. The number of rotatable bonds is 7. The first-order valence-corrected chi connectivity index (χ1v) is 8.35. The lowest BCUT2D eigenvalue weighted by Crippen LogP contribution is -2.36. The average Bonchev–Trinajstić information content (AvgIpc) is 2.59. The Morgan fingerprint density at radius 1 is 1.00 bits per heavy atom. The van der Waals surface area contributed by atoms with Crippen molar-refractivity contribution in [3.63, 3.8) is 0 Å². The number of likely N-dealkylation sites (N-methyl/N-ethyl adjacent to an activating group) is 1. The standard InChI is InChI=1S/C19H22N4O4/c1-13-5-4-6-17(14(13)2)21-19(25)12-22(3)11-18(24)20-15-7-9-16(10-8-15)23(26)27/h4-10H,11-12H2,1-3H3,(H,20,24)(H,21,25). The molecule has 0 saturated carbocycles. The molecule has 0 saturated heterocycles. The number of aryl methyl sites for hydroxylation is 1. The first-order valence-electron chi connectivity index (χ1n) is 8.35. The van der Waals surface area contributed by atoms with Crippen molar-refractivity contribution in [3.05, 3.63) is 63.7 Å². The summed E-state index contributed by atoms with van der Waals surface area (Å²) in [5, 5.41) is 16.1. The molecule has 142 valence electrons. The zero-order valence-corrected chi connectivity index (χ0v) is 15.5. The van der Waals surface area contributed by atoms with Gasteiger partial charge < -0.3 is 10.6 Å². The van der Waals surface area contributed by atoms with Gasteiger partial charge in [0, 0.05) is 23.5 Å². The summed E-state index contributed by atoms with van der Waals surface area (Å²) >= 11 is 0. The molecule has 2 rings (SSSR count).